The molecule has 0 aliphatic rings. The van der Waals surface area contributed by atoms with Crippen LogP contribution >= 0.6 is 0 Å². The van der Waals surface area contributed by atoms with E-state index in [1.54, 1.807) is 12.1 Å². The number of hydrogen-bond acceptors (Lipinski definition) is 3. The molecular formula is C42H77NaO3S. The molecule has 0 heterocycles. The second kappa shape index (κ2) is 35.9. The van der Waals surface area contributed by atoms with Crippen molar-refractivity contribution < 1.29 is 42.5 Å². The molecule has 0 amide bonds. The molecule has 0 saturated heterocycles. The largest absolute Gasteiger partial charge is 1.00 e. The SMILES string of the molecule is CCCCCCCCCCCCCCCCCCCCCCCCCCCCCCCCCCCCc1ccc(S(=O)(=O)[O-])cc1.[Na+]. The summed E-state index contributed by atoms with van der Waals surface area (Å²) >= 11 is 0. The molecule has 0 saturated carbocycles. The smallest absolute Gasteiger partial charge is 0.744 e. The van der Waals surface area contributed by atoms with E-state index in [0.29, 0.717) is 0 Å². The monoisotopic (exact) mass is 685 g/mol. The van der Waals surface area contributed by atoms with Crippen molar-refractivity contribution in [2.75, 3.05) is 0 Å². The van der Waals surface area contributed by atoms with Gasteiger partial charge >= 0.3 is 29.6 Å². The minimum Gasteiger partial charge on any atom is -0.744 e. The Morgan fingerprint density at radius 2 is 0.596 bits per heavy atom. The molecule has 0 fully saturated rings. The van der Waals surface area contributed by atoms with Crippen molar-refractivity contribution in [2.45, 2.75) is 237 Å². The average Bonchev–Trinajstić information content (AvgIpc) is 3.04. The minimum atomic E-state index is -4.33. The van der Waals surface area contributed by atoms with Crippen LogP contribution in [0.5, 0.6) is 0 Å². The van der Waals surface area contributed by atoms with Gasteiger partial charge in [0.15, 0.2) is 0 Å². The number of unbranched alkanes of at least 4 members (excludes halogenated alkanes) is 33. The van der Waals surface area contributed by atoms with E-state index in [-0.39, 0.29) is 34.5 Å². The fourth-order valence-corrected chi connectivity index (χ4v) is 7.35. The van der Waals surface area contributed by atoms with Gasteiger partial charge in [0.25, 0.3) is 0 Å². The van der Waals surface area contributed by atoms with Gasteiger partial charge in [-0.3, -0.25) is 0 Å². The van der Waals surface area contributed by atoms with Crippen LogP contribution in [0.4, 0.5) is 0 Å². The van der Waals surface area contributed by atoms with Crippen LogP contribution in [0.2, 0.25) is 0 Å². The first-order valence-corrected chi connectivity index (χ1v) is 22.0. The molecule has 270 valence electrons. The number of benzene rings is 1. The molecule has 0 unspecified atom stereocenters. The van der Waals surface area contributed by atoms with E-state index in [9.17, 15) is 13.0 Å². The van der Waals surface area contributed by atoms with Gasteiger partial charge in [0.1, 0.15) is 10.1 Å². The Hall–Kier alpha value is 0.130. The Kier molecular flexibility index (Phi) is 36.0. The summed E-state index contributed by atoms with van der Waals surface area (Å²) in [7, 11) is -4.33. The molecule has 1 aromatic carbocycles. The first-order chi connectivity index (χ1) is 22.5. The summed E-state index contributed by atoms with van der Waals surface area (Å²) in [5, 5.41) is 0. The summed E-state index contributed by atoms with van der Waals surface area (Å²) in [6, 6.07) is 6.41. The Morgan fingerprint density at radius 1 is 0.383 bits per heavy atom. The Labute approximate surface area is 317 Å². The number of aryl methyl sites for hydroxylation is 1. The van der Waals surface area contributed by atoms with Crippen molar-refractivity contribution in [3.63, 3.8) is 0 Å². The van der Waals surface area contributed by atoms with Gasteiger partial charge in [-0.1, -0.05) is 231 Å². The molecule has 0 aliphatic heterocycles. The van der Waals surface area contributed by atoms with E-state index in [1.165, 1.54) is 224 Å². The molecule has 0 spiro atoms. The van der Waals surface area contributed by atoms with E-state index < -0.39 is 10.1 Å². The normalized spacial score (nSPS) is 11.6. The predicted octanol–water partition coefficient (Wildman–Crippen LogP) is 11.4. The topological polar surface area (TPSA) is 57.2 Å². The molecule has 0 N–H and O–H groups in total. The second-order valence-corrected chi connectivity index (χ2v) is 15.9. The quantitative estimate of drug-likeness (QED) is 0.0401. The number of rotatable bonds is 36. The van der Waals surface area contributed by atoms with Gasteiger partial charge in [0, 0.05) is 0 Å². The summed E-state index contributed by atoms with van der Waals surface area (Å²) in [4.78, 5) is -0.132. The summed E-state index contributed by atoms with van der Waals surface area (Å²) < 4.78 is 33.0. The van der Waals surface area contributed by atoms with Crippen molar-refractivity contribution in [1.29, 1.82) is 0 Å². The van der Waals surface area contributed by atoms with Crippen LogP contribution in [0.1, 0.15) is 231 Å². The van der Waals surface area contributed by atoms with Gasteiger partial charge in [-0.2, -0.15) is 0 Å². The summed E-state index contributed by atoms with van der Waals surface area (Å²) in [5.41, 5.74) is 1.11. The van der Waals surface area contributed by atoms with Crippen LogP contribution in [0.15, 0.2) is 29.2 Å². The maximum absolute atomic E-state index is 11.0. The third kappa shape index (κ3) is 33.1. The van der Waals surface area contributed by atoms with Gasteiger partial charge < -0.3 is 4.55 Å². The van der Waals surface area contributed by atoms with E-state index in [2.05, 4.69) is 6.92 Å². The molecule has 47 heavy (non-hydrogen) atoms. The molecule has 0 bridgehead atoms. The van der Waals surface area contributed by atoms with Gasteiger partial charge in [0.2, 0.25) is 0 Å². The van der Waals surface area contributed by atoms with Gasteiger partial charge in [0.05, 0.1) is 4.90 Å². The van der Waals surface area contributed by atoms with Crippen molar-refractivity contribution >= 4 is 10.1 Å². The minimum absolute atomic E-state index is 0. The molecule has 3 nitrogen and oxygen atoms in total. The van der Waals surface area contributed by atoms with E-state index in [0.717, 1.165) is 18.4 Å². The van der Waals surface area contributed by atoms with E-state index >= 15 is 0 Å². The zero-order valence-electron chi connectivity index (χ0n) is 31.7. The van der Waals surface area contributed by atoms with Crippen LogP contribution in [0.25, 0.3) is 0 Å². The molecule has 0 radical (unpaired) electrons. The fraction of sp³-hybridized carbons (Fsp3) is 0.857. The van der Waals surface area contributed by atoms with Crippen molar-refractivity contribution in [1.82, 2.24) is 0 Å². The third-order valence-corrected chi connectivity index (χ3v) is 10.9. The molecule has 5 heteroatoms. The molecular weight excluding hydrogens is 608 g/mol. The van der Waals surface area contributed by atoms with Crippen molar-refractivity contribution in [3.05, 3.63) is 29.8 Å². The zero-order chi connectivity index (χ0) is 33.2. The zero-order valence-corrected chi connectivity index (χ0v) is 34.5. The van der Waals surface area contributed by atoms with Crippen molar-refractivity contribution in [2.24, 2.45) is 0 Å². The predicted molar refractivity (Wildman–Crippen MR) is 201 cm³/mol. The fourth-order valence-electron chi connectivity index (χ4n) is 6.88. The Balaban J connectivity index is 0.0000212. The second-order valence-electron chi connectivity index (χ2n) is 14.5. The maximum atomic E-state index is 11.0. The molecule has 0 atom stereocenters. The molecule has 0 aliphatic carbocycles. The van der Waals surface area contributed by atoms with E-state index in [4.69, 9.17) is 0 Å². The van der Waals surface area contributed by atoms with E-state index in [1.807, 2.05) is 0 Å². The van der Waals surface area contributed by atoms with Gasteiger partial charge in [-0.15, -0.1) is 0 Å². The third-order valence-electron chi connectivity index (χ3n) is 10.0. The van der Waals surface area contributed by atoms with Crippen LogP contribution in [-0.2, 0) is 16.5 Å². The Morgan fingerprint density at radius 3 is 0.809 bits per heavy atom. The first-order valence-electron chi connectivity index (χ1n) is 20.6. The molecule has 1 aromatic rings. The van der Waals surface area contributed by atoms with Crippen molar-refractivity contribution in [3.8, 4) is 0 Å². The van der Waals surface area contributed by atoms with Crippen LogP contribution < -0.4 is 29.6 Å². The summed E-state index contributed by atoms with van der Waals surface area (Å²) in [5.74, 6) is 0. The standard InChI is InChI=1S/C42H78O3S.Na/c1-2-3-4-5-6-7-8-9-10-11-12-13-14-15-16-17-18-19-20-21-22-23-24-25-26-27-28-29-30-31-32-33-34-35-36-41-37-39-42(40-38-41)46(43,44)45;/h37-40H,2-36H2,1H3,(H,43,44,45);/q;+1/p-1. The van der Waals surface area contributed by atoms with Gasteiger partial charge in [-0.05, 0) is 30.5 Å². The summed E-state index contributed by atoms with van der Waals surface area (Å²) in [6.45, 7) is 2.30. The molecule has 1 rings (SSSR count). The van der Waals surface area contributed by atoms with Crippen LogP contribution in [0.3, 0.4) is 0 Å². The average molecular weight is 685 g/mol. The summed E-state index contributed by atoms with van der Waals surface area (Å²) in [6.07, 6.45) is 49.4. The van der Waals surface area contributed by atoms with Crippen LogP contribution in [-0.4, -0.2) is 13.0 Å². The van der Waals surface area contributed by atoms with Gasteiger partial charge in [-0.25, -0.2) is 8.42 Å². The number of hydrogen-bond donors (Lipinski definition) is 0. The van der Waals surface area contributed by atoms with Crippen LogP contribution in [0, 0.1) is 0 Å². The molecule has 0 aromatic heterocycles. The Bertz CT molecular complexity index is 855. The maximum Gasteiger partial charge on any atom is 1.00 e. The first kappa shape index (κ1) is 47.1.